The fourth-order valence-corrected chi connectivity index (χ4v) is 2.79. The molecule has 0 saturated heterocycles. The summed E-state index contributed by atoms with van der Waals surface area (Å²) in [5.74, 6) is -0.0934. The van der Waals surface area contributed by atoms with Gasteiger partial charge < -0.3 is 10.4 Å². The fraction of sp³-hybridized carbons (Fsp3) is 0.444. The number of nitrogens with zero attached hydrogens (tertiary/aromatic N) is 3. The highest BCUT2D eigenvalue weighted by atomic mass is 16.3. The number of rotatable bonds is 7. The molecule has 0 saturated carbocycles. The van der Waals surface area contributed by atoms with Gasteiger partial charge in [0.2, 0.25) is 5.91 Å². The van der Waals surface area contributed by atoms with E-state index < -0.39 is 0 Å². The number of anilines is 1. The number of amides is 1. The van der Waals surface area contributed by atoms with Crippen LogP contribution in [0.5, 0.6) is 0 Å². The van der Waals surface area contributed by atoms with Gasteiger partial charge in [-0.3, -0.25) is 9.69 Å². The molecule has 0 aliphatic rings. The van der Waals surface area contributed by atoms with E-state index in [9.17, 15) is 4.79 Å². The molecule has 0 bridgehead atoms. The maximum absolute atomic E-state index is 12.6. The Labute approximate surface area is 143 Å². The lowest BCUT2D eigenvalue weighted by atomic mass is 10.2. The number of benzene rings is 1. The molecular weight excluding hydrogens is 304 g/mol. The summed E-state index contributed by atoms with van der Waals surface area (Å²) in [4.78, 5) is 14.5. The normalized spacial score (nSPS) is 12.4. The number of hydrogen-bond donors (Lipinski definition) is 2. The molecular formula is C18H26N4O2. The zero-order valence-corrected chi connectivity index (χ0v) is 14.8. The summed E-state index contributed by atoms with van der Waals surface area (Å²) in [5.41, 5.74) is 3.38. The van der Waals surface area contributed by atoms with Crippen LogP contribution in [0, 0.1) is 13.8 Å². The summed E-state index contributed by atoms with van der Waals surface area (Å²) in [6, 6.07) is 9.52. The van der Waals surface area contributed by atoms with E-state index in [1.54, 1.807) is 0 Å². The number of carbonyl (C=O) groups excluding carboxylic acids is 1. The lowest BCUT2D eigenvalue weighted by molar-refractivity contribution is -0.120. The van der Waals surface area contributed by atoms with Crippen molar-refractivity contribution in [2.45, 2.75) is 33.7 Å². The molecule has 1 heterocycles. The minimum Gasteiger partial charge on any atom is -0.395 e. The summed E-state index contributed by atoms with van der Waals surface area (Å²) in [6.45, 7) is 8.87. The van der Waals surface area contributed by atoms with Crippen molar-refractivity contribution in [2.75, 3.05) is 25.0 Å². The Morgan fingerprint density at radius 1 is 1.33 bits per heavy atom. The molecule has 6 nitrogen and oxygen atoms in total. The lowest BCUT2D eigenvalue weighted by Crippen LogP contribution is -2.43. The Hall–Kier alpha value is -2.18. The van der Waals surface area contributed by atoms with Gasteiger partial charge in [0.1, 0.15) is 0 Å². The van der Waals surface area contributed by atoms with Gasteiger partial charge in [0.15, 0.2) is 0 Å². The third kappa shape index (κ3) is 3.83. The lowest BCUT2D eigenvalue weighted by Gasteiger charge is -2.26. The molecule has 2 N–H and O–H groups in total. The first-order valence-corrected chi connectivity index (χ1v) is 8.27. The molecule has 2 rings (SSSR count). The van der Waals surface area contributed by atoms with Gasteiger partial charge in [0.25, 0.3) is 0 Å². The topological polar surface area (TPSA) is 70.4 Å². The third-order valence-corrected chi connectivity index (χ3v) is 4.26. The van der Waals surface area contributed by atoms with Gasteiger partial charge in [-0.05, 0) is 39.4 Å². The number of aliphatic hydroxyl groups is 1. The van der Waals surface area contributed by atoms with Gasteiger partial charge in [-0.25, -0.2) is 4.68 Å². The van der Waals surface area contributed by atoms with E-state index in [0.29, 0.717) is 13.1 Å². The van der Waals surface area contributed by atoms with Crippen LogP contribution in [0.1, 0.15) is 25.2 Å². The van der Waals surface area contributed by atoms with E-state index in [4.69, 9.17) is 5.11 Å². The SMILES string of the molecule is CCN(CCO)C(C)C(=O)Nc1c(C)nn(-c2ccccc2)c1C. The highest BCUT2D eigenvalue weighted by Gasteiger charge is 2.22. The molecule has 0 aliphatic heterocycles. The van der Waals surface area contributed by atoms with Crippen LogP contribution in [0.15, 0.2) is 30.3 Å². The van der Waals surface area contributed by atoms with Crippen molar-refractivity contribution in [1.29, 1.82) is 0 Å². The van der Waals surface area contributed by atoms with E-state index >= 15 is 0 Å². The first-order chi connectivity index (χ1) is 11.5. The molecule has 24 heavy (non-hydrogen) atoms. The van der Waals surface area contributed by atoms with Gasteiger partial charge in [-0.2, -0.15) is 5.10 Å². The van der Waals surface area contributed by atoms with E-state index in [0.717, 1.165) is 22.8 Å². The van der Waals surface area contributed by atoms with Crippen molar-refractivity contribution < 1.29 is 9.90 Å². The molecule has 1 aromatic heterocycles. The van der Waals surface area contributed by atoms with Crippen LogP contribution in [0.4, 0.5) is 5.69 Å². The van der Waals surface area contributed by atoms with Crippen molar-refractivity contribution in [1.82, 2.24) is 14.7 Å². The van der Waals surface area contributed by atoms with Gasteiger partial charge in [0, 0.05) is 6.54 Å². The molecule has 2 aromatic rings. The Balaban J connectivity index is 2.21. The number of para-hydroxylation sites is 1. The summed E-state index contributed by atoms with van der Waals surface area (Å²) in [5, 5.41) is 16.7. The Kier molecular flexibility index (Phi) is 6.11. The second-order valence-electron chi connectivity index (χ2n) is 5.81. The molecule has 0 radical (unpaired) electrons. The first-order valence-electron chi connectivity index (χ1n) is 8.27. The quantitative estimate of drug-likeness (QED) is 0.816. The van der Waals surface area contributed by atoms with Crippen molar-refractivity contribution in [3.05, 3.63) is 41.7 Å². The van der Waals surface area contributed by atoms with E-state index in [1.165, 1.54) is 0 Å². The van der Waals surface area contributed by atoms with Crippen LogP contribution in [-0.4, -0.2) is 51.4 Å². The summed E-state index contributed by atoms with van der Waals surface area (Å²) < 4.78 is 1.83. The Morgan fingerprint density at radius 2 is 2.00 bits per heavy atom. The van der Waals surface area contributed by atoms with E-state index in [1.807, 2.05) is 67.6 Å². The molecule has 0 spiro atoms. The largest absolute Gasteiger partial charge is 0.395 e. The van der Waals surface area contributed by atoms with Gasteiger partial charge in [-0.1, -0.05) is 25.1 Å². The first kappa shape index (κ1) is 18.2. The summed E-state index contributed by atoms with van der Waals surface area (Å²) in [6.07, 6.45) is 0. The molecule has 1 atom stereocenters. The second-order valence-corrected chi connectivity index (χ2v) is 5.81. The smallest absolute Gasteiger partial charge is 0.241 e. The molecule has 130 valence electrons. The van der Waals surface area contributed by atoms with Gasteiger partial charge in [0.05, 0.1) is 35.4 Å². The number of likely N-dealkylation sites (N-methyl/N-ethyl adjacent to an activating group) is 1. The van der Waals surface area contributed by atoms with E-state index in [2.05, 4.69) is 10.4 Å². The maximum Gasteiger partial charge on any atom is 0.241 e. The number of aromatic nitrogens is 2. The van der Waals surface area contributed by atoms with Crippen molar-refractivity contribution in [3.8, 4) is 5.69 Å². The fourth-order valence-electron chi connectivity index (χ4n) is 2.79. The highest BCUT2D eigenvalue weighted by molar-refractivity contribution is 5.95. The minimum atomic E-state index is -0.318. The number of carbonyl (C=O) groups is 1. The average molecular weight is 330 g/mol. The molecule has 6 heteroatoms. The number of aliphatic hydroxyl groups excluding tert-OH is 1. The summed E-state index contributed by atoms with van der Waals surface area (Å²) >= 11 is 0. The van der Waals surface area contributed by atoms with E-state index in [-0.39, 0.29) is 18.6 Å². The zero-order valence-electron chi connectivity index (χ0n) is 14.8. The molecule has 1 aromatic carbocycles. The Morgan fingerprint density at radius 3 is 2.58 bits per heavy atom. The number of aryl methyl sites for hydroxylation is 1. The van der Waals surface area contributed by atoms with Crippen molar-refractivity contribution >= 4 is 11.6 Å². The van der Waals surface area contributed by atoms with Crippen LogP contribution >= 0.6 is 0 Å². The third-order valence-electron chi connectivity index (χ3n) is 4.26. The van der Waals surface area contributed by atoms with Crippen LogP contribution in [-0.2, 0) is 4.79 Å². The second kappa shape index (κ2) is 8.08. The number of hydrogen-bond acceptors (Lipinski definition) is 4. The van der Waals surface area contributed by atoms with Crippen LogP contribution in [0.25, 0.3) is 5.69 Å². The van der Waals surface area contributed by atoms with Crippen LogP contribution in [0.3, 0.4) is 0 Å². The van der Waals surface area contributed by atoms with Crippen molar-refractivity contribution in [2.24, 2.45) is 0 Å². The van der Waals surface area contributed by atoms with Crippen molar-refractivity contribution in [3.63, 3.8) is 0 Å². The average Bonchev–Trinajstić information content (AvgIpc) is 2.88. The minimum absolute atomic E-state index is 0.0372. The standard InChI is InChI=1S/C18H26N4O2/c1-5-21(11-12-23)15(4)18(24)19-17-13(2)20-22(14(17)3)16-9-7-6-8-10-16/h6-10,15,23H,5,11-12H2,1-4H3,(H,19,24). The molecule has 0 fully saturated rings. The van der Waals surface area contributed by atoms with Gasteiger partial charge >= 0.3 is 0 Å². The van der Waals surface area contributed by atoms with Crippen LogP contribution in [0.2, 0.25) is 0 Å². The predicted octanol–water partition coefficient (Wildman–Crippen LogP) is 2.13. The molecule has 1 amide bonds. The highest BCUT2D eigenvalue weighted by Crippen LogP contribution is 2.23. The monoisotopic (exact) mass is 330 g/mol. The molecule has 1 unspecified atom stereocenters. The van der Waals surface area contributed by atoms with Crippen LogP contribution < -0.4 is 5.32 Å². The zero-order chi connectivity index (χ0) is 17.7. The Bertz CT molecular complexity index is 682. The summed E-state index contributed by atoms with van der Waals surface area (Å²) in [7, 11) is 0. The maximum atomic E-state index is 12.6. The number of nitrogens with one attached hydrogen (secondary N) is 1. The predicted molar refractivity (Wildman–Crippen MR) is 95.5 cm³/mol. The van der Waals surface area contributed by atoms with Gasteiger partial charge in [-0.15, -0.1) is 0 Å². The molecule has 0 aliphatic carbocycles.